The van der Waals surface area contributed by atoms with Gasteiger partial charge in [-0.05, 0) is 12.1 Å². The lowest BCUT2D eigenvalue weighted by molar-refractivity contribution is 0.466. The summed E-state index contributed by atoms with van der Waals surface area (Å²) >= 11 is 0. The molecule has 0 spiro atoms. The van der Waals surface area contributed by atoms with Crippen LogP contribution in [0.15, 0.2) is 21.0 Å². The molecule has 4 aromatic rings. The number of fused-ring (bicyclic) bond motifs is 2. The van der Waals surface area contributed by atoms with Crippen LogP contribution in [-0.4, -0.2) is 0 Å². The molecule has 6 nitrogen and oxygen atoms in total. The van der Waals surface area contributed by atoms with Gasteiger partial charge in [-0.25, -0.2) is 26.3 Å². The third-order valence-electron chi connectivity index (χ3n) is 4.79. The lowest BCUT2D eigenvalue weighted by atomic mass is 10.1. The summed E-state index contributed by atoms with van der Waals surface area (Å²) in [6.07, 6.45) is 0. The first-order valence-corrected chi connectivity index (χ1v) is 8.75. The van der Waals surface area contributed by atoms with E-state index in [9.17, 15) is 17.6 Å². The first-order valence-electron chi connectivity index (χ1n) is 8.75. The minimum absolute atomic E-state index is 0.638. The number of nitriles is 4. The summed E-state index contributed by atoms with van der Waals surface area (Å²) in [5.41, 5.74) is -4.96. The Balaban J connectivity index is 2.37. The lowest BCUT2D eigenvalue weighted by Gasteiger charge is -2.03. The highest BCUT2D eigenvalue weighted by atomic mass is 19.2. The van der Waals surface area contributed by atoms with Gasteiger partial charge in [-0.3, -0.25) is 0 Å². The Morgan fingerprint density at radius 1 is 0.529 bits per heavy atom. The molecule has 0 saturated heterocycles. The maximum absolute atomic E-state index is 15.2. The number of benzene rings is 2. The largest absolute Gasteiger partial charge is 0.451 e. The average Bonchev–Trinajstić information content (AvgIpc) is 3.46. The Morgan fingerprint density at radius 2 is 0.853 bits per heavy atom. The van der Waals surface area contributed by atoms with Gasteiger partial charge in [0.25, 0.3) is 0 Å². The van der Waals surface area contributed by atoms with Gasteiger partial charge >= 0.3 is 0 Å². The van der Waals surface area contributed by atoms with E-state index in [1.165, 1.54) is 24.3 Å². The molecule has 0 amide bonds. The molecule has 0 saturated carbocycles. The number of rotatable bonds is 0. The first kappa shape index (κ1) is 22.0. The highest BCUT2D eigenvalue weighted by molar-refractivity contribution is 5.83. The van der Waals surface area contributed by atoms with Crippen molar-refractivity contribution in [1.82, 2.24) is 0 Å². The Bertz CT molecular complexity index is 1800. The van der Waals surface area contributed by atoms with E-state index in [1.54, 1.807) is 0 Å². The maximum atomic E-state index is 15.2. The Morgan fingerprint density at radius 3 is 1.15 bits per heavy atom. The zero-order chi connectivity index (χ0) is 24.9. The number of hydrogen-bond acceptors (Lipinski definition) is 6. The van der Waals surface area contributed by atoms with Crippen molar-refractivity contribution in [2.24, 2.45) is 0 Å². The quantitative estimate of drug-likeness (QED) is 0.287. The molecule has 0 atom stereocenters. The fourth-order valence-corrected chi connectivity index (χ4v) is 3.27. The molecule has 0 N–H and O–H groups in total. The highest BCUT2D eigenvalue weighted by Crippen LogP contribution is 2.30. The molecule has 0 aliphatic heterocycles. The smallest absolute Gasteiger partial charge is 0.177 e. The second kappa shape index (κ2) is 7.74. The van der Waals surface area contributed by atoms with Gasteiger partial charge < -0.3 is 8.83 Å². The predicted octanol–water partition coefficient (Wildman–Crippen LogP) is 3.70. The first-order chi connectivity index (χ1) is 16.2. The summed E-state index contributed by atoms with van der Waals surface area (Å²) in [7, 11) is 0. The molecule has 4 rings (SSSR count). The normalized spacial score (nSPS) is 11.6. The van der Waals surface area contributed by atoms with Crippen LogP contribution in [0.5, 0.6) is 0 Å². The molecule has 164 valence electrons. The summed E-state index contributed by atoms with van der Waals surface area (Å²) in [6, 6.07) is 6.83. The minimum atomic E-state index is -2.13. The summed E-state index contributed by atoms with van der Waals surface area (Å²) in [4.78, 5) is 0. The van der Waals surface area contributed by atoms with E-state index in [-0.39, 0.29) is 0 Å². The second-order valence-electron chi connectivity index (χ2n) is 6.54. The van der Waals surface area contributed by atoms with Gasteiger partial charge in [0.05, 0.1) is 21.2 Å². The fourth-order valence-electron chi connectivity index (χ4n) is 3.27. The molecule has 0 bridgehead atoms. The standard InChI is InChI=1S/C22H2F6N4O2/c23-15-9-1-11(7(3-29)4-30)33-21(9)19(27)13(17(15)25)14-18(26)16(24)10-2-12(8(5-31)6-32)34-22(10)20(14)28/h1-2H/b14-13+. The molecule has 2 heterocycles. The molecule has 0 radical (unpaired) electrons. The van der Waals surface area contributed by atoms with E-state index in [2.05, 4.69) is 0 Å². The number of halogens is 6. The molecular weight excluding hydrogens is 466 g/mol. The summed E-state index contributed by atoms with van der Waals surface area (Å²) in [6.45, 7) is 0. The van der Waals surface area contributed by atoms with E-state index in [0.717, 1.165) is 0 Å². The summed E-state index contributed by atoms with van der Waals surface area (Å²) in [5.74, 6) is -11.7. The summed E-state index contributed by atoms with van der Waals surface area (Å²) in [5, 5.41) is 30.4. The lowest BCUT2D eigenvalue weighted by Crippen LogP contribution is -2.00. The van der Waals surface area contributed by atoms with Gasteiger partial charge in [0.15, 0.2) is 68.0 Å². The molecule has 2 aromatic heterocycles. The van der Waals surface area contributed by atoms with E-state index >= 15 is 8.78 Å². The van der Waals surface area contributed by atoms with Crippen LogP contribution >= 0.6 is 0 Å². The van der Waals surface area contributed by atoms with Gasteiger partial charge in [0.2, 0.25) is 0 Å². The molecule has 2 aromatic carbocycles. The third kappa shape index (κ3) is 2.87. The average molecular weight is 468 g/mol. The van der Waals surface area contributed by atoms with Crippen LogP contribution in [0.2, 0.25) is 0 Å². The number of furan rings is 2. The monoisotopic (exact) mass is 468 g/mol. The van der Waals surface area contributed by atoms with E-state index < -0.39 is 89.3 Å². The van der Waals surface area contributed by atoms with Crippen molar-refractivity contribution in [3.05, 3.63) is 68.3 Å². The van der Waals surface area contributed by atoms with Crippen molar-refractivity contribution in [3.8, 4) is 24.3 Å². The van der Waals surface area contributed by atoms with Gasteiger partial charge in [-0.1, -0.05) is 0 Å². The summed E-state index contributed by atoms with van der Waals surface area (Å²) < 4.78 is 99.1. The van der Waals surface area contributed by atoms with E-state index in [1.807, 2.05) is 0 Å². The van der Waals surface area contributed by atoms with Crippen molar-refractivity contribution in [2.45, 2.75) is 0 Å². The van der Waals surface area contributed by atoms with Crippen LogP contribution in [0.3, 0.4) is 0 Å². The zero-order valence-corrected chi connectivity index (χ0v) is 16.0. The molecule has 34 heavy (non-hydrogen) atoms. The molecular formula is C22H2F6N4O2. The van der Waals surface area contributed by atoms with Gasteiger partial charge in [0, 0.05) is 0 Å². The minimum Gasteiger partial charge on any atom is -0.451 e. The van der Waals surface area contributed by atoms with Crippen molar-refractivity contribution < 1.29 is 35.2 Å². The van der Waals surface area contributed by atoms with Crippen LogP contribution in [0.1, 0.15) is 0 Å². The maximum Gasteiger partial charge on any atom is 0.177 e. The van der Waals surface area contributed by atoms with Crippen molar-refractivity contribution in [3.63, 3.8) is 0 Å². The van der Waals surface area contributed by atoms with E-state index in [4.69, 9.17) is 29.9 Å². The Kier molecular flexibility index (Phi) is 5.01. The van der Waals surface area contributed by atoms with E-state index in [0.29, 0.717) is 12.1 Å². The molecule has 0 aliphatic carbocycles. The van der Waals surface area contributed by atoms with Gasteiger partial charge in [-0.2, -0.15) is 21.0 Å². The third-order valence-corrected chi connectivity index (χ3v) is 4.79. The number of hydrogen-bond donors (Lipinski definition) is 0. The predicted molar refractivity (Wildman–Crippen MR) is 98.4 cm³/mol. The number of nitrogens with zero attached hydrogens (tertiary/aromatic N) is 4. The Labute approximate surface area is 182 Å². The molecule has 0 aliphatic rings. The van der Waals surface area contributed by atoms with Crippen molar-refractivity contribution in [2.75, 3.05) is 0 Å². The SMILES string of the molecule is N#CC(C#N)=c1cc2c(F)c(F)/c(=c3/c(F)c(F)c4cc(=C(C#N)C#N)oc4c3F)c(F)c2o1. The van der Waals surface area contributed by atoms with Crippen molar-refractivity contribution in [1.29, 1.82) is 21.0 Å². The Hall–Kier alpha value is -5.20. The molecule has 12 heteroatoms. The molecule has 0 unspecified atom stereocenters. The molecule has 0 fully saturated rings. The van der Waals surface area contributed by atoms with Crippen molar-refractivity contribution >= 4 is 33.1 Å². The van der Waals surface area contributed by atoms with Crippen LogP contribution in [-0.2, 0) is 0 Å². The highest BCUT2D eigenvalue weighted by Gasteiger charge is 2.26. The van der Waals surface area contributed by atoms with Gasteiger partial charge in [-0.15, -0.1) is 0 Å². The van der Waals surface area contributed by atoms with Gasteiger partial charge in [0.1, 0.15) is 24.3 Å². The van der Waals surface area contributed by atoms with Crippen LogP contribution in [0, 0.1) is 90.7 Å². The van der Waals surface area contributed by atoms with Crippen LogP contribution < -0.4 is 10.8 Å². The van der Waals surface area contributed by atoms with Crippen LogP contribution in [0.25, 0.3) is 33.1 Å². The fraction of sp³-hybridized carbons (Fsp3) is 0. The zero-order valence-electron chi connectivity index (χ0n) is 16.0. The van der Waals surface area contributed by atoms with Crippen LogP contribution in [0.4, 0.5) is 26.3 Å². The second-order valence-corrected chi connectivity index (χ2v) is 6.54. The topological polar surface area (TPSA) is 121 Å².